The number of benzene rings is 1. The molecule has 1 atom stereocenters. The molecular formula is C29H25F3N6O. The molecule has 2 aliphatic carbocycles. The Morgan fingerprint density at radius 1 is 1.00 bits per heavy atom. The first-order valence-electron chi connectivity index (χ1n) is 13.1. The van der Waals surface area contributed by atoms with E-state index >= 15 is 0 Å². The van der Waals surface area contributed by atoms with Gasteiger partial charge in [-0.1, -0.05) is 12.1 Å². The third kappa shape index (κ3) is 4.99. The van der Waals surface area contributed by atoms with Crippen molar-refractivity contribution in [3.05, 3.63) is 53.3 Å². The Morgan fingerprint density at radius 3 is 2.46 bits per heavy atom. The molecule has 0 spiro atoms. The molecule has 2 aromatic heterocycles. The van der Waals surface area contributed by atoms with Crippen LogP contribution in [-0.4, -0.2) is 52.6 Å². The largest absolute Gasteiger partial charge is 0.397 e. The van der Waals surface area contributed by atoms with Crippen LogP contribution < -0.4 is 4.90 Å². The van der Waals surface area contributed by atoms with E-state index in [9.17, 15) is 28.5 Å². The number of aromatic nitrogens is 2. The average molecular weight is 531 g/mol. The van der Waals surface area contributed by atoms with Gasteiger partial charge in [-0.2, -0.15) is 23.7 Å². The van der Waals surface area contributed by atoms with Crippen molar-refractivity contribution in [3.63, 3.8) is 0 Å². The quantitative estimate of drug-likeness (QED) is 0.444. The molecule has 0 N–H and O–H groups in total. The zero-order valence-electron chi connectivity index (χ0n) is 21.1. The lowest BCUT2D eigenvalue weighted by molar-refractivity contribution is -0.163. The fraction of sp³-hybridized carbons (Fsp3) is 0.414. The van der Waals surface area contributed by atoms with Crippen molar-refractivity contribution in [1.82, 2.24) is 14.9 Å². The normalized spacial score (nSPS) is 19.6. The molecule has 0 radical (unpaired) electrons. The van der Waals surface area contributed by atoms with Gasteiger partial charge in [-0.3, -0.25) is 4.79 Å². The van der Waals surface area contributed by atoms with Gasteiger partial charge in [0, 0.05) is 36.5 Å². The van der Waals surface area contributed by atoms with Gasteiger partial charge in [-0.15, -0.1) is 0 Å². The van der Waals surface area contributed by atoms with Crippen LogP contribution in [0.4, 0.5) is 19.0 Å². The van der Waals surface area contributed by atoms with Crippen molar-refractivity contribution >= 4 is 22.6 Å². The molecule has 1 amide bonds. The number of fused-ring (bicyclic) bond motifs is 1. The van der Waals surface area contributed by atoms with Gasteiger partial charge in [0.1, 0.15) is 30.1 Å². The fourth-order valence-electron chi connectivity index (χ4n) is 5.65. The maximum Gasteiger partial charge on any atom is 0.397 e. The molecular weight excluding hydrogens is 505 g/mol. The highest BCUT2D eigenvalue weighted by Crippen LogP contribution is 2.46. The lowest BCUT2D eigenvalue weighted by Crippen LogP contribution is -2.57. The molecule has 3 heterocycles. The van der Waals surface area contributed by atoms with E-state index in [0.717, 1.165) is 47.9 Å². The monoisotopic (exact) mass is 530 g/mol. The number of alkyl halides is 3. The summed E-state index contributed by atoms with van der Waals surface area (Å²) in [5, 5.41) is 20.3. The van der Waals surface area contributed by atoms with Crippen molar-refractivity contribution in [1.29, 1.82) is 10.5 Å². The van der Waals surface area contributed by atoms with Gasteiger partial charge >= 0.3 is 6.18 Å². The second kappa shape index (κ2) is 9.53. The molecule has 1 aliphatic heterocycles. The number of piperazine rings is 1. The third-order valence-corrected chi connectivity index (χ3v) is 7.81. The molecule has 10 heteroatoms. The molecule has 6 rings (SSSR count). The van der Waals surface area contributed by atoms with Crippen molar-refractivity contribution in [2.24, 2.45) is 5.92 Å². The van der Waals surface area contributed by atoms with Crippen LogP contribution in [0.2, 0.25) is 0 Å². The summed E-state index contributed by atoms with van der Waals surface area (Å²) < 4.78 is 38.9. The lowest BCUT2D eigenvalue weighted by Gasteiger charge is -2.42. The number of hydrogen-bond acceptors (Lipinski definition) is 6. The van der Waals surface area contributed by atoms with E-state index in [1.54, 1.807) is 6.07 Å². The standard InChI is InChI=1S/C29H25F3N6O/c30-29(31,32)13-26(39)38-11-10-37(16-25(38)17-4-5-17)28-19(14-33)12-23(27(36-28)18-6-7-18)21-2-1-3-24-22(21)9-8-20(15-34)35-24/h1-3,8-9,12,17-18,25H,4-7,10-11,13,16H2. The molecule has 1 aromatic carbocycles. The lowest BCUT2D eigenvalue weighted by atomic mass is 9.95. The summed E-state index contributed by atoms with van der Waals surface area (Å²) in [5.74, 6) is 0.0636. The molecule has 3 fully saturated rings. The van der Waals surface area contributed by atoms with Gasteiger partial charge in [0.25, 0.3) is 0 Å². The van der Waals surface area contributed by atoms with E-state index in [1.807, 2.05) is 35.2 Å². The molecule has 1 saturated heterocycles. The van der Waals surface area contributed by atoms with Crippen molar-refractivity contribution in [2.45, 2.75) is 50.2 Å². The van der Waals surface area contributed by atoms with E-state index < -0.39 is 18.5 Å². The van der Waals surface area contributed by atoms with E-state index in [2.05, 4.69) is 17.1 Å². The molecule has 3 aliphatic rings. The van der Waals surface area contributed by atoms with Gasteiger partial charge in [-0.25, -0.2) is 9.97 Å². The topological polar surface area (TPSA) is 96.9 Å². The highest BCUT2D eigenvalue weighted by atomic mass is 19.4. The van der Waals surface area contributed by atoms with E-state index in [4.69, 9.17) is 4.98 Å². The van der Waals surface area contributed by atoms with Crippen LogP contribution in [0.5, 0.6) is 0 Å². The minimum absolute atomic E-state index is 0.166. The summed E-state index contributed by atoms with van der Waals surface area (Å²) >= 11 is 0. The number of anilines is 1. The summed E-state index contributed by atoms with van der Waals surface area (Å²) in [7, 11) is 0. The van der Waals surface area contributed by atoms with Gasteiger partial charge in [0.15, 0.2) is 0 Å². The molecule has 7 nitrogen and oxygen atoms in total. The molecule has 2 saturated carbocycles. The number of rotatable bonds is 5. The van der Waals surface area contributed by atoms with Crippen LogP contribution in [0.25, 0.3) is 22.0 Å². The Morgan fingerprint density at radius 2 is 1.79 bits per heavy atom. The smallest absolute Gasteiger partial charge is 0.352 e. The molecule has 198 valence electrons. The maximum atomic E-state index is 13.0. The predicted octanol–water partition coefficient (Wildman–Crippen LogP) is 5.30. The maximum absolute atomic E-state index is 13.0. The fourth-order valence-corrected chi connectivity index (χ4v) is 5.65. The number of halogens is 3. The van der Waals surface area contributed by atoms with Crippen LogP contribution in [0, 0.1) is 28.6 Å². The first kappa shape index (κ1) is 25.1. The van der Waals surface area contributed by atoms with E-state index in [0.29, 0.717) is 35.7 Å². The van der Waals surface area contributed by atoms with Gasteiger partial charge < -0.3 is 9.80 Å². The Labute approximate surface area is 223 Å². The summed E-state index contributed by atoms with van der Waals surface area (Å²) in [6.45, 7) is 0.834. The Balaban J connectivity index is 1.37. The van der Waals surface area contributed by atoms with E-state index in [1.165, 1.54) is 4.90 Å². The number of nitriles is 2. The number of amides is 1. The number of carbonyl (C=O) groups is 1. The second-order valence-electron chi connectivity index (χ2n) is 10.6. The molecule has 39 heavy (non-hydrogen) atoms. The summed E-state index contributed by atoms with van der Waals surface area (Å²) in [6.07, 6.45) is -2.27. The van der Waals surface area contributed by atoms with Crippen molar-refractivity contribution in [3.8, 4) is 23.3 Å². The summed E-state index contributed by atoms with van der Waals surface area (Å²) in [4.78, 5) is 25.3. The zero-order valence-corrected chi connectivity index (χ0v) is 21.1. The van der Waals surface area contributed by atoms with Crippen LogP contribution >= 0.6 is 0 Å². The van der Waals surface area contributed by atoms with E-state index in [-0.39, 0.29) is 24.4 Å². The summed E-state index contributed by atoms with van der Waals surface area (Å²) in [6, 6.07) is 15.1. The van der Waals surface area contributed by atoms with Crippen LogP contribution in [0.3, 0.4) is 0 Å². The molecule has 3 aromatic rings. The highest BCUT2D eigenvalue weighted by molar-refractivity contribution is 5.96. The number of carbonyl (C=O) groups excluding carboxylic acids is 1. The van der Waals surface area contributed by atoms with Crippen LogP contribution in [0.15, 0.2) is 36.4 Å². The minimum Gasteiger partial charge on any atom is -0.352 e. The first-order valence-corrected chi connectivity index (χ1v) is 13.1. The Bertz CT molecular complexity index is 1550. The van der Waals surface area contributed by atoms with Gasteiger partial charge in [0.05, 0.1) is 22.8 Å². The molecule has 0 bridgehead atoms. The third-order valence-electron chi connectivity index (χ3n) is 7.81. The van der Waals surface area contributed by atoms with Gasteiger partial charge in [0.2, 0.25) is 5.91 Å². The predicted molar refractivity (Wildman–Crippen MR) is 137 cm³/mol. The second-order valence-corrected chi connectivity index (χ2v) is 10.6. The SMILES string of the molecule is N#Cc1ccc2c(-c3cc(C#N)c(N4CCN(C(=O)CC(F)(F)F)C(C5CC5)C4)nc3C3CC3)cccc2n1. The van der Waals surface area contributed by atoms with Crippen LogP contribution in [-0.2, 0) is 4.79 Å². The van der Waals surface area contributed by atoms with Crippen molar-refractivity contribution < 1.29 is 18.0 Å². The average Bonchev–Trinajstić information content (AvgIpc) is 3.84. The number of pyridine rings is 2. The Kier molecular flexibility index (Phi) is 6.14. The number of nitrogens with zero attached hydrogens (tertiary/aromatic N) is 6. The van der Waals surface area contributed by atoms with Crippen molar-refractivity contribution in [2.75, 3.05) is 24.5 Å². The molecule has 1 unspecified atom stereocenters. The summed E-state index contributed by atoms with van der Waals surface area (Å²) in [5.41, 5.74) is 4.03. The van der Waals surface area contributed by atoms with Gasteiger partial charge in [-0.05, 0) is 61.4 Å². The zero-order chi connectivity index (χ0) is 27.3. The number of hydrogen-bond donors (Lipinski definition) is 0. The first-order chi connectivity index (χ1) is 18.8. The van der Waals surface area contributed by atoms with Crippen LogP contribution in [0.1, 0.15) is 55.0 Å². The Hall–Kier alpha value is -4.18. The minimum atomic E-state index is -4.54. The highest BCUT2D eigenvalue weighted by Gasteiger charge is 2.44.